The SMILES string of the molecule is C[C@@H]1CCCCN1c1ccc(NC(=O)c2cccc(Cl)c2)cc1N. The van der Waals surface area contributed by atoms with E-state index in [1.165, 1.54) is 19.3 Å². The largest absolute Gasteiger partial charge is 0.397 e. The quantitative estimate of drug-likeness (QED) is 0.803. The summed E-state index contributed by atoms with van der Waals surface area (Å²) in [6, 6.07) is 13.1. The minimum atomic E-state index is -0.198. The van der Waals surface area contributed by atoms with Gasteiger partial charge < -0.3 is 16.0 Å². The Labute approximate surface area is 147 Å². The molecule has 1 fully saturated rings. The summed E-state index contributed by atoms with van der Waals surface area (Å²) in [6.07, 6.45) is 3.65. The zero-order chi connectivity index (χ0) is 17.1. The Morgan fingerprint density at radius 3 is 2.79 bits per heavy atom. The van der Waals surface area contributed by atoms with Gasteiger partial charge in [0.2, 0.25) is 0 Å². The Bertz CT molecular complexity index is 747. The molecule has 0 bridgehead atoms. The molecule has 0 aromatic heterocycles. The van der Waals surface area contributed by atoms with Gasteiger partial charge in [-0.15, -0.1) is 0 Å². The first-order valence-electron chi connectivity index (χ1n) is 8.27. The molecule has 1 amide bonds. The number of anilines is 3. The lowest BCUT2D eigenvalue weighted by Gasteiger charge is -2.36. The topological polar surface area (TPSA) is 58.4 Å². The Hall–Kier alpha value is -2.20. The fourth-order valence-corrected chi connectivity index (χ4v) is 3.37. The summed E-state index contributed by atoms with van der Waals surface area (Å²) in [4.78, 5) is 14.6. The van der Waals surface area contributed by atoms with E-state index < -0.39 is 0 Å². The van der Waals surface area contributed by atoms with Crippen LogP contribution in [0.4, 0.5) is 17.1 Å². The molecule has 4 nitrogen and oxygen atoms in total. The van der Waals surface area contributed by atoms with Crippen molar-refractivity contribution in [2.75, 3.05) is 22.5 Å². The van der Waals surface area contributed by atoms with Crippen LogP contribution in [0.3, 0.4) is 0 Å². The van der Waals surface area contributed by atoms with E-state index in [0.29, 0.717) is 28.0 Å². The number of carbonyl (C=O) groups is 1. The Balaban J connectivity index is 1.76. The molecule has 3 N–H and O–H groups in total. The van der Waals surface area contributed by atoms with E-state index in [9.17, 15) is 4.79 Å². The van der Waals surface area contributed by atoms with Crippen LogP contribution in [0.5, 0.6) is 0 Å². The van der Waals surface area contributed by atoms with E-state index in [0.717, 1.165) is 12.2 Å². The normalized spacial score (nSPS) is 17.6. The van der Waals surface area contributed by atoms with Gasteiger partial charge in [0.05, 0.1) is 11.4 Å². The van der Waals surface area contributed by atoms with Crippen LogP contribution in [0.1, 0.15) is 36.5 Å². The zero-order valence-corrected chi connectivity index (χ0v) is 14.5. The molecule has 3 rings (SSSR count). The van der Waals surface area contributed by atoms with Gasteiger partial charge in [-0.05, 0) is 62.6 Å². The summed E-state index contributed by atoms with van der Waals surface area (Å²) in [5.74, 6) is -0.198. The number of rotatable bonds is 3. The highest BCUT2D eigenvalue weighted by atomic mass is 35.5. The van der Waals surface area contributed by atoms with Crippen molar-refractivity contribution in [1.82, 2.24) is 0 Å². The molecule has 126 valence electrons. The molecule has 1 atom stereocenters. The van der Waals surface area contributed by atoms with Crippen LogP contribution in [-0.4, -0.2) is 18.5 Å². The van der Waals surface area contributed by atoms with E-state index in [4.69, 9.17) is 17.3 Å². The molecule has 1 aliphatic heterocycles. The Kier molecular flexibility index (Phi) is 4.95. The molecule has 1 saturated heterocycles. The maximum atomic E-state index is 12.3. The number of hydrogen-bond acceptors (Lipinski definition) is 3. The molecule has 0 unspecified atom stereocenters. The summed E-state index contributed by atoms with van der Waals surface area (Å²) in [7, 11) is 0. The van der Waals surface area contributed by atoms with Gasteiger partial charge in [0, 0.05) is 28.9 Å². The van der Waals surface area contributed by atoms with Gasteiger partial charge >= 0.3 is 0 Å². The zero-order valence-electron chi connectivity index (χ0n) is 13.8. The van der Waals surface area contributed by atoms with Crippen molar-refractivity contribution in [2.24, 2.45) is 0 Å². The van der Waals surface area contributed by atoms with Gasteiger partial charge in [0.15, 0.2) is 0 Å². The maximum absolute atomic E-state index is 12.3. The van der Waals surface area contributed by atoms with Gasteiger partial charge in [-0.25, -0.2) is 0 Å². The molecular weight excluding hydrogens is 322 g/mol. The first-order chi connectivity index (χ1) is 11.5. The van der Waals surface area contributed by atoms with Gasteiger partial charge in [0.25, 0.3) is 5.91 Å². The highest BCUT2D eigenvalue weighted by Gasteiger charge is 2.20. The van der Waals surface area contributed by atoms with E-state index in [-0.39, 0.29) is 5.91 Å². The lowest BCUT2D eigenvalue weighted by Crippen LogP contribution is -2.37. The van der Waals surface area contributed by atoms with Crippen molar-refractivity contribution in [2.45, 2.75) is 32.2 Å². The summed E-state index contributed by atoms with van der Waals surface area (Å²) in [5.41, 5.74) is 9.18. The standard InChI is InChI=1S/C19H22ClN3O/c1-13-5-2-3-10-23(13)18-9-8-16(12-17(18)21)22-19(24)14-6-4-7-15(20)11-14/h4,6-9,11-13H,2-3,5,10,21H2,1H3,(H,22,24)/t13-/m1/s1. The van der Waals surface area contributed by atoms with Crippen molar-refractivity contribution < 1.29 is 4.79 Å². The van der Waals surface area contributed by atoms with E-state index >= 15 is 0 Å². The van der Waals surface area contributed by atoms with Crippen LogP contribution in [-0.2, 0) is 0 Å². The third-order valence-electron chi connectivity index (χ3n) is 4.48. The van der Waals surface area contributed by atoms with Crippen molar-refractivity contribution in [3.63, 3.8) is 0 Å². The number of amides is 1. The fraction of sp³-hybridized carbons (Fsp3) is 0.316. The average Bonchev–Trinajstić information content (AvgIpc) is 2.56. The third-order valence-corrected chi connectivity index (χ3v) is 4.72. The minimum absolute atomic E-state index is 0.198. The van der Waals surface area contributed by atoms with Crippen LogP contribution >= 0.6 is 11.6 Å². The van der Waals surface area contributed by atoms with Crippen molar-refractivity contribution >= 4 is 34.6 Å². The number of hydrogen-bond donors (Lipinski definition) is 2. The molecule has 5 heteroatoms. The van der Waals surface area contributed by atoms with Gasteiger partial charge in [-0.3, -0.25) is 4.79 Å². The first kappa shape index (κ1) is 16.7. The molecule has 1 heterocycles. The second-order valence-electron chi connectivity index (χ2n) is 6.28. The Morgan fingerprint density at radius 1 is 1.25 bits per heavy atom. The molecule has 0 radical (unpaired) electrons. The summed E-state index contributed by atoms with van der Waals surface area (Å²) >= 11 is 5.93. The summed E-state index contributed by atoms with van der Waals surface area (Å²) in [5, 5.41) is 3.41. The lowest BCUT2D eigenvalue weighted by atomic mass is 10.0. The molecule has 1 aliphatic rings. The number of nitrogens with zero attached hydrogens (tertiary/aromatic N) is 1. The molecule has 0 spiro atoms. The second kappa shape index (κ2) is 7.14. The van der Waals surface area contributed by atoms with E-state index in [1.54, 1.807) is 24.3 Å². The van der Waals surface area contributed by atoms with Crippen LogP contribution in [0.25, 0.3) is 0 Å². The lowest BCUT2D eigenvalue weighted by molar-refractivity contribution is 0.102. The molecule has 2 aromatic carbocycles. The average molecular weight is 344 g/mol. The van der Waals surface area contributed by atoms with Crippen LogP contribution < -0.4 is 16.0 Å². The van der Waals surface area contributed by atoms with E-state index in [2.05, 4.69) is 17.1 Å². The molecule has 0 saturated carbocycles. The van der Waals surface area contributed by atoms with Gasteiger partial charge in [-0.1, -0.05) is 17.7 Å². The molecule has 0 aliphatic carbocycles. The highest BCUT2D eigenvalue weighted by Crippen LogP contribution is 2.31. The van der Waals surface area contributed by atoms with E-state index in [1.807, 2.05) is 18.2 Å². The fourth-order valence-electron chi connectivity index (χ4n) is 3.18. The molecular formula is C19H22ClN3O. The van der Waals surface area contributed by atoms with Crippen LogP contribution in [0.15, 0.2) is 42.5 Å². The number of nitrogens with one attached hydrogen (secondary N) is 1. The molecule has 24 heavy (non-hydrogen) atoms. The van der Waals surface area contributed by atoms with Crippen LogP contribution in [0.2, 0.25) is 5.02 Å². The van der Waals surface area contributed by atoms with Crippen molar-refractivity contribution in [1.29, 1.82) is 0 Å². The second-order valence-corrected chi connectivity index (χ2v) is 6.71. The third kappa shape index (κ3) is 3.65. The van der Waals surface area contributed by atoms with Crippen molar-refractivity contribution in [3.05, 3.63) is 53.1 Å². The summed E-state index contributed by atoms with van der Waals surface area (Å²) < 4.78 is 0. The highest BCUT2D eigenvalue weighted by molar-refractivity contribution is 6.31. The van der Waals surface area contributed by atoms with Crippen molar-refractivity contribution in [3.8, 4) is 0 Å². The van der Waals surface area contributed by atoms with Gasteiger partial charge in [0.1, 0.15) is 0 Å². The Morgan fingerprint density at radius 2 is 2.08 bits per heavy atom. The number of piperidine rings is 1. The number of benzene rings is 2. The minimum Gasteiger partial charge on any atom is -0.397 e. The summed E-state index contributed by atoms with van der Waals surface area (Å²) in [6.45, 7) is 3.26. The monoisotopic (exact) mass is 343 g/mol. The smallest absolute Gasteiger partial charge is 0.255 e. The predicted molar refractivity (Wildman–Crippen MR) is 101 cm³/mol. The van der Waals surface area contributed by atoms with Gasteiger partial charge in [-0.2, -0.15) is 0 Å². The predicted octanol–water partition coefficient (Wildman–Crippen LogP) is 4.55. The number of nitrogen functional groups attached to an aromatic ring is 1. The number of halogens is 1. The number of nitrogens with two attached hydrogens (primary N) is 1. The maximum Gasteiger partial charge on any atom is 0.255 e. The number of carbonyl (C=O) groups excluding carboxylic acids is 1. The first-order valence-corrected chi connectivity index (χ1v) is 8.65. The van der Waals surface area contributed by atoms with Crippen LogP contribution in [0, 0.1) is 0 Å². The molecule has 2 aromatic rings.